The van der Waals surface area contributed by atoms with E-state index in [1.54, 1.807) is 24.3 Å². The van der Waals surface area contributed by atoms with Crippen LogP contribution < -0.4 is 32.0 Å². The number of benzene rings is 3. The van der Waals surface area contributed by atoms with Gasteiger partial charge in [0, 0.05) is 36.3 Å². The van der Waals surface area contributed by atoms with Gasteiger partial charge < -0.3 is 32.0 Å². The predicted octanol–water partition coefficient (Wildman–Crippen LogP) is 4.53. The number of carbonyl (C=O) groups is 1. The van der Waals surface area contributed by atoms with E-state index in [4.69, 9.17) is 26.7 Å². The van der Waals surface area contributed by atoms with Crippen LogP contribution in [-0.4, -0.2) is 30.4 Å². The number of amidine groups is 1. The lowest BCUT2D eigenvalue weighted by atomic mass is 9.92. The molecule has 0 bridgehead atoms. The largest absolute Gasteiger partial charge is 0.457 e. The zero-order chi connectivity index (χ0) is 25.3. The van der Waals surface area contributed by atoms with Crippen molar-refractivity contribution < 1.29 is 14.3 Å². The predicted molar refractivity (Wildman–Crippen MR) is 143 cm³/mol. The molecule has 0 atom stereocenters. The van der Waals surface area contributed by atoms with E-state index in [0.29, 0.717) is 47.1 Å². The fourth-order valence-corrected chi connectivity index (χ4v) is 4.03. The molecule has 1 fully saturated rings. The van der Waals surface area contributed by atoms with Gasteiger partial charge in [-0.25, -0.2) is 0 Å². The molecule has 7 N–H and O–H groups in total. The smallest absolute Gasteiger partial charge is 0.225 e. The third-order valence-electron chi connectivity index (χ3n) is 6.00. The molecular formula is C28H33N5O3. The van der Waals surface area contributed by atoms with E-state index in [1.807, 2.05) is 48.5 Å². The molecule has 36 heavy (non-hydrogen) atoms. The normalized spacial score (nSPS) is 17.9. The van der Waals surface area contributed by atoms with E-state index < -0.39 is 0 Å². The fourth-order valence-electron chi connectivity index (χ4n) is 4.03. The van der Waals surface area contributed by atoms with Crippen molar-refractivity contribution in [3.63, 3.8) is 0 Å². The number of carbonyl (C=O) groups excluding carboxylic acids is 1. The number of nitrogens with one attached hydrogen (secondary N) is 1. The number of nitrogens with two attached hydrogens (primary N) is 3. The summed E-state index contributed by atoms with van der Waals surface area (Å²) in [4.78, 5) is 16.4. The maximum Gasteiger partial charge on any atom is 0.225 e. The van der Waals surface area contributed by atoms with Gasteiger partial charge in [0.15, 0.2) is 0 Å². The lowest BCUT2D eigenvalue weighted by Crippen LogP contribution is -2.29. The van der Waals surface area contributed by atoms with Crippen LogP contribution in [0.3, 0.4) is 0 Å². The van der Waals surface area contributed by atoms with Gasteiger partial charge in [-0.05, 0) is 86.3 Å². The summed E-state index contributed by atoms with van der Waals surface area (Å²) < 4.78 is 11.9. The van der Waals surface area contributed by atoms with Gasteiger partial charge in [-0.1, -0.05) is 6.07 Å². The molecule has 1 amide bonds. The molecule has 0 saturated heterocycles. The van der Waals surface area contributed by atoms with Crippen molar-refractivity contribution in [3.8, 4) is 23.0 Å². The Morgan fingerprint density at radius 3 is 2.03 bits per heavy atom. The van der Waals surface area contributed by atoms with Crippen molar-refractivity contribution in [2.24, 2.45) is 22.2 Å². The van der Waals surface area contributed by atoms with E-state index in [0.717, 1.165) is 31.2 Å². The molecule has 0 aromatic heterocycles. The van der Waals surface area contributed by atoms with Gasteiger partial charge in [0.1, 0.15) is 28.8 Å². The Morgan fingerprint density at radius 2 is 1.44 bits per heavy atom. The number of amides is 1. The summed E-state index contributed by atoms with van der Waals surface area (Å²) >= 11 is 0. The zero-order valence-electron chi connectivity index (χ0n) is 20.2. The van der Waals surface area contributed by atoms with Gasteiger partial charge in [0.25, 0.3) is 0 Å². The quantitative estimate of drug-likeness (QED) is 0.258. The standard InChI is InChI=1S/C28H33N5O3/c29-17-16-27(34)32-21-10-14-24(15-11-21)36-26-3-1-2-25(18-26)35-23-12-4-19(5-13-23)28(31)33-22-8-6-20(30)7-9-22/h1-5,10-15,18,20,22H,6-9,16-17,29-30H2,(H2,31,33)(H,32,34). The Morgan fingerprint density at radius 1 is 0.861 bits per heavy atom. The molecular weight excluding hydrogens is 454 g/mol. The monoisotopic (exact) mass is 487 g/mol. The van der Waals surface area contributed by atoms with E-state index in [9.17, 15) is 4.79 Å². The number of hydrogen-bond donors (Lipinski definition) is 4. The van der Waals surface area contributed by atoms with Crippen molar-refractivity contribution in [1.29, 1.82) is 0 Å². The number of aliphatic imine (C=N–C) groups is 1. The molecule has 1 aliphatic carbocycles. The maximum absolute atomic E-state index is 11.7. The van der Waals surface area contributed by atoms with Crippen LogP contribution in [0.1, 0.15) is 37.7 Å². The molecule has 4 rings (SSSR count). The highest BCUT2D eigenvalue weighted by Crippen LogP contribution is 2.29. The second kappa shape index (κ2) is 12.2. The Bertz CT molecular complexity index is 1170. The van der Waals surface area contributed by atoms with Crippen LogP contribution in [0.4, 0.5) is 5.69 Å². The lowest BCUT2D eigenvalue weighted by Gasteiger charge is -2.23. The summed E-state index contributed by atoms with van der Waals surface area (Å²) in [6, 6.07) is 22.6. The first kappa shape index (κ1) is 25.2. The summed E-state index contributed by atoms with van der Waals surface area (Å²) in [7, 11) is 0. The minimum absolute atomic E-state index is 0.117. The minimum atomic E-state index is -0.117. The molecule has 0 radical (unpaired) electrons. The van der Waals surface area contributed by atoms with Crippen molar-refractivity contribution >= 4 is 17.4 Å². The van der Waals surface area contributed by atoms with Crippen LogP contribution in [0.25, 0.3) is 0 Å². The van der Waals surface area contributed by atoms with Crippen LogP contribution in [0, 0.1) is 0 Å². The molecule has 3 aromatic carbocycles. The third kappa shape index (κ3) is 7.31. The first-order valence-electron chi connectivity index (χ1n) is 12.2. The highest BCUT2D eigenvalue weighted by molar-refractivity contribution is 5.97. The SMILES string of the molecule is NCCC(=O)Nc1ccc(Oc2cccc(Oc3ccc(C(N)=NC4CCC(N)CC4)cc3)c2)cc1. The zero-order valence-corrected chi connectivity index (χ0v) is 20.2. The van der Waals surface area contributed by atoms with Crippen molar-refractivity contribution in [1.82, 2.24) is 0 Å². The molecule has 8 heteroatoms. The fraction of sp³-hybridized carbons (Fsp3) is 0.286. The number of rotatable bonds is 9. The number of anilines is 1. The molecule has 0 spiro atoms. The van der Waals surface area contributed by atoms with Crippen LogP contribution in [0.5, 0.6) is 23.0 Å². The first-order valence-corrected chi connectivity index (χ1v) is 12.2. The molecule has 0 aliphatic heterocycles. The Balaban J connectivity index is 1.34. The number of ether oxygens (including phenoxy) is 2. The molecule has 3 aromatic rings. The summed E-state index contributed by atoms with van der Waals surface area (Å²) in [5.74, 6) is 3.03. The first-order chi connectivity index (χ1) is 17.5. The van der Waals surface area contributed by atoms with Gasteiger partial charge in [-0.3, -0.25) is 9.79 Å². The summed E-state index contributed by atoms with van der Waals surface area (Å²) in [6.45, 7) is 0.314. The van der Waals surface area contributed by atoms with E-state index in [-0.39, 0.29) is 18.4 Å². The van der Waals surface area contributed by atoms with Crippen molar-refractivity contribution in [2.45, 2.75) is 44.2 Å². The van der Waals surface area contributed by atoms with Crippen LogP contribution in [0.15, 0.2) is 77.8 Å². The summed E-state index contributed by atoms with van der Waals surface area (Å²) in [5, 5.41) is 2.79. The van der Waals surface area contributed by atoms with E-state index >= 15 is 0 Å². The van der Waals surface area contributed by atoms with E-state index in [1.165, 1.54) is 0 Å². The van der Waals surface area contributed by atoms with Crippen molar-refractivity contribution in [2.75, 3.05) is 11.9 Å². The van der Waals surface area contributed by atoms with Crippen LogP contribution in [-0.2, 0) is 4.79 Å². The summed E-state index contributed by atoms with van der Waals surface area (Å²) in [6.07, 6.45) is 4.24. The number of nitrogens with zero attached hydrogens (tertiary/aromatic N) is 1. The average Bonchev–Trinajstić information content (AvgIpc) is 2.87. The highest BCUT2D eigenvalue weighted by atomic mass is 16.5. The Kier molecular flexibility index (Phi) is 8.54. The average molecular weight is 488 g/mol. The van der Waals surface area contributed by atoms with Crippen molar-refractivity contribution in [3.05, 3.63) is 78.4 Å². The number of hydrogen-bond acceptors (Lipinski definition) is 6. The van der Waals surface area contributed by atoms with E-state index in [2.05, 4.69) is 10.3 Å². The molecule has 1 aliphatic rings. The van der Waals surface area contributed by atoms with Gasteiger partial charge >= 0.3 is 0 Å². The highest BCUT2D eigenvalue weighted by Gasteiger charge is 2.18. The van der Waals surface area contributed by atoms with Gasteiger partial charge in [0.05, 0.1) is 6.04 Å². The third-order valence-corrected chi connectivity index (χ3v) is 6.00. The van der Waals surface area contributed by atoms with Crippen LogP contribution in [0.2, 0.25) is 0 Å². The van der Waals surface area contributed by atoms with Gasteiger partial charge in [-0.15, -0.1) is 0 Å². The molecule has 8 nitrogen and oxygen atoms in total. The van der Waals surface area contributed by atoms with Crippen LogP contribution >= 0.6 is 0 Å². The topological polar surface area (TPSA) is 138 Å². The minimum Gasteiger partial charge on any atom is -0.457 e. The molecule has 188 valence electrons. The lowest BCUT2D eigenvalue weighted by molar-refractivity contribution is -0.116. The molecule has 0 unspecified atom stereocenters. The Labute approximate surface area is 211 Å². The Hall–Kier alpha value is -3.88. The summed E-state index contributed by atoms with van der Waals surface area (Å²) in [5.41, 5.74) is 19.2. The molecule has 0 heterocycles. The second-order valence-corrected chi connectivity index (χ2v) is 8.90. The maximum atomic E-state index is 11.7. The molecule has 1 saturated carbocycles. The van der Waals surface area contributed by atoms with Gasteiger partial charge in [-0.2, -0.15) is 0 Å². The van der Waals surface area contributed by atoms with Gasteiger partial charge in [0.2, 0.25) is 5.91 Å². The second-order valence-electron chi connectivity index (χ2n) is 8.90.